The molecule has 1 rings (SSSR count). The standard InChI is InChI=1S/C9H5F5INO2/c10-8(11)6-4(1-5(17)18)16-2-3(15)7(6)9(12,13)14/h2,8H,1H2,(H,17,18). The molecule has 9 heteroatoms. The second-order valence-electron chi connectivity index (χ2n) is 3.21. The van der Waals surface area contributed by atoms with E-state index in [1.807, 2.05) is 0 Å². The molecule has 18 heavy (non-hydrogen) atoms. The second-order valence-corrected chi connectivity index (χ2v) is 4.37. The van der Waals surface area contributed by atoms with Crippen LogP contribution < -0.4 is 0 Å². The van der Waals surface area contributed by atoms with E-state index in [1.165, 1.54) is 22.6 Å². The van der Waals surface area contributed by atoms with Crippen LogP contribution in [0, 0.1) is 3.57 Å². The van der Waals surface area contributed by atoms with E-state index >= 15 is 0 Å². The summed E-state index contributed by atoms with van der Waals surface area (Å²) in [5, 5.41) is 8.47. The van der Waals surface area contributed by atoms with E-state index in [0.717, 1.165) is 6.20 Å². The topological polar surface area (TPSA) is 50.2 Å². The summed E-state index contributed by atoms with van der Waals surface area (Å²) in [7, 11) is 0. The third kappa shape index (κ3) is 3.27. The Morgan fingerprint density at radius 3 is 2.39 bits per heavy atom. The molecule has 0 saturated carbocycles. The lowest BCUT2D eigenvalue weighted by atomic mass is 10.0. The maximum atomic E-state index is 12.7. The maximum Gasteiger partial charge on any atom is 0.418 e. The van der Waals surface area contributed by atoms with Crippen LogP contribution in [0.2, 0.25) is 0 Å². The Morgan fingerprint density at radius 2 is 2.00 bits per heavy atom. The van der Waals surface area contributed by atoms with Crippen LogP contribution in [0.5, 0.6) is 0 Å². The number of nitrogens with zero attached hydrogens (tertiary/aromatic N) is 1. The number of hydrogen-bond acceptors (Lipinski definition) is 2. The average Bonchev–Trinajstić information content (AvgIpc) is 2.17. The van der Waals surface area contributed by atoms with Crippen molar-refractivity contribution in [3.05, 3.63) is 26.6 Å². The van der Waals surface area contributed by atoms with Crippen molar-refractivity contribution < 1.29 is 31.9 Å². The molecule has 0 atom stereocenters. The quantitative estimate of drug-likeness (QED) is 0.646. The summed E-state index contributed by atoms with van der Waals surface area (Å²) in [6.07, 6.45) is -8.69. The lowest BCUT2D eigenvalue weighted by Gasteiger charge is -2.16. The van der Waals surface area contributed by atoms with Gasteiger partial charge >= 0.3 is 12.1 Å². The SMILES string of the molecule is O=C(O)Cc1ncc(I)c(C(F)(F)F)c1C(F)F. The van der Waals surface area contributed by atoms with Gasteiger partial charge in [0.15, 0.2) is 0 Å². The minimum absolute atomic E-state index is 0.496. The number of alkyl halides is 5. The molecule has 0 fully saturated rings. The molecule has 0 unspecified atom stereocenters. The van der Waals surface area contributed by atoms with Crippen LogP contribution >= 0.6 is 22.6 Å². The van der Waals surface area contributed by atoms with Gasteiger partial charge in [-0.15, -0.1) is 0 Å². The van der Waals surface area contributed by atoms with Gasteiger partial charge in [0.2, 0.25) is 0 Å². The van der Waals surface area contributed by atoms with E-state index in [1.54, 1.807) is 0 Å². The first-order chi connectivity index (χ1) is 8.14. The molecular weight excluding hydrogens is 376 g/mol. The first-order valence-corrected chi connectivity index (χ1v) is 5.47. The number of carbonyl (C=O) groups is 1. The van der Waals surface area contributed by atoms with Crippen LogP contribution in [0.15, 0.2) is 6.20 Å². The highest BCUT2D eigenvalue weighted by atomic mass is 127. The largest absolute Gasteiger partial charge is 0.481 e. The smallest absolute Gasteiger partial charge is 0.418 e. The van der Waals surface area contributed by atoms with Gasteiger partial charge in [-0.1, -0.05) is 0 Å². The molecule has 0 aliphatic rings. The zero-order valence-electron chi connectivity index (χ0n) is 8.43. The number of pyridine rings is 1. The number of halogens is 6. The summed E-state index contributed by atoms with van der Waals surface area (Å²) in [5.74, 6) is -1.53. The van der Waals surface area contributed by atoms with Crippen molar-refractivity contribution in [2.75, 3.05) is 0 Å². The van der Waals surface area contributed by atoms with Gasteiger partial charge in [0.1, 0.15) is 0 Å². The number of hydrogen-bond donors (Lipinski definition) is 1. The van der Waals surface area contributed by atoms with Crippen molar-refractivity contribution in [1.29, 1.82) is 0 Å². The zero-order valence-corrected chi connectivity index (χ0v) is 10.6. The highest BCUT2D eigenvalue weighted by Crippen LogP contribution is 2.40. The monoisotopic (exact) mass is 381 g/mol. The van der Waals surface area contributed by atoms with Crippen LogP contribution in [0.3, 0.4) is 0 Å². The van der Waals surface area contributed by atoms with Crippen LogP contribution in [-0.2, 0) is 17.4 Å². The molecule has 0 bridgehead atoms. The molecule has 1 aromatic heterocycles. The molecule has 0 saturated heterocycles. The normalized spacial score (nSPS) is 11.9. The Labute approximate surface area is 111 Å². The fourth-order valence-electron chi connectivity index (χ4n) is 1.35. The molecule has 1 N–H and O–H groups in total. The fourth-order valence-corrected chi connectivity index (χ4v) is 2.08. The van der Waals surface area contributed by atoms with E-state index in [4.69, 9.17) is 5.11 Å². The van der Waals surface area contributed by atoms with Gasteiger partial charge in [0, 0.05) is 9.77 Å². The summed E-state index contributed by atoms with van der Waals surface area (Å²) < 4.78 is 63.0. The molecule has 3 nitrogen and oxygen atoms in total. The average molecular weight is 381 g/mol. The molecule has 1 heterocycles. The molecule has 0 amide bonds. The summed E-state index contributed by atoms with van der Waals surface area (Å²) in [6, 6.07) is 0. The van der Waals surface area contributed by atoms with Crippen molar-refractivity contribution in [2.24, 2.45) is 0 Å². The van der Waals surface area contributed by atoms with Crippen LogP contribution in [-0.4, -0.2) is 16.1 Å². The molecule has 0 aliphatic carbocycles. The molecule has 0 radical (unpaired) electrons. The number of carboxylic acid groups (broad SMARTS) is 1. The lowest BCUT2D eigenvalue weighted by Crippen LogP contribution is -2.17. The van der Waals surface area contributed by atoms with Gasteiger partial charge in [0.25, 0.3) is 6.43 Å². The van der Waals surface area contributed by atoms with Crippen LogP contribution in [0.1, 0.15) is 23.2 Å². The first kappa shape index (κ1) is 15.1. The van der Waals surface area contributed by atoms with Crippen molar-refractivity contribution in [3.8, 4) is 0 Å². The second kappa shape index (κ2) is 5.33. The highest BCUT2D eigenvalue weighted by Gasteiger charge is 2.40. The number of aliphatic carboxylic acids is 1. The molecule has 100 valence electrons. The first-order valence-electron chi connectivity index (χ1n) is 4.39. The molecule has 0 aromatic carbocycles. The van der Waals surface area contributed by atoms with Gasteiger partial charge in [0.05, 0.1) is 23.2 Å². The van der Waals surface area contributed by atoms with E-state index < -0.39 is 45.4 Å². The molecule has 0 spiro atoms. The Hall–Kier alpha value is -1.00. The van der Waals surface area contributed by atoms with Crippen molar-refractivity contribution in [2.45, 2.75) is 19.0 Å². The minimum Gasteiger partial charge on any atom is -0.481 e. The lowest BCUT2D eigenvalue weighted by molar-refractivity contribution is -0.141. The van der Waals surface area contributed by atoms with Gasteiger partial charge in [-0.05, 0) is 22.6 Å². The molecular formula is C9H5F5INO2. The van der Waals surface area contributed by atoms with Crippen molar-refractivity contribution >= 4 is 28.6 Å². The summed E-state index contributed by atoms with van der Waals surface area (Å²) in [6.45, 7) is 0. The van der Waals surface area contributed by atoms with Crippen LogP contribution in [0.4, 0.5) is 22.0 Å². The fraction of sp³-hybridized carbons (Fsp3) is 0.333. The minimum atomic E-state index is -4.99. The maximum absolute atomic E-state index is 12.7. The van der Waals surface area contributed by atoms with Crippen LogP contribution in [0.25, 0.3) is 0 Å². The Kier molecular flexibility index (Phi) is 4.46. The third-order valence-electron chi connectivity index (χ3n) is 1.97. The number of carboxylic acids is 1. The predicted molar refractivity (Wildman–Crippen MR) is 58.3 cm³/mol. The Morgan fingerprint density at radius 1 is 1.44 bits per heavy atom. The molecule has 0 aliphatic heterocycles. The predicted octanol–water partition coefficient (Wildman–Crippen LogP) is 3.27. The Balaban J connectivity index is 3.53. The summed E-state index contributed by atoms with van der Waals surface area (Å²) in [4.78, 5) is 13.8. The van der Waals surface area contributed by atoms with E-state index in [-0.39, 0.29) is 0 Å². The highest BCUT2D eigenvalue weighted by molar-refractivity contribution is 14.1. The molecule has 1 aromatic rings. The van der Waals surface area contributed by atoms with E-state index in [2.05, 4.69) is 4.98 Å². The van der Waals surface area contributed by atoms with E-state index in [9.17, 15) is 26.7 Å². The summed E-state index contributed by atoms with van der Waals surface area (Å²) >= 11 is 1.23. The number of rotatable bonds is 3. The van der Waals surface area contributed by atoms with Crippen molar-refractivity contribution in [1.82, 2.24) is 4.98 Å². The van der Waals surface area contributed by atoms with Gasteiger partial charge in [-0.3, -0.25) is 9.78 Å². The van der Waals surface area contributed by atoms with Gasteiger partial charge in [-0.25, -0.2) is 8.78 Å². The van der Waals surface area contributed by atoms with Gasteiger partial charge in [-0.2, -0.15) is 13.2 Å². The van der Waals surface area contributed by atoms with Gasteiger partial charge < -0.3 is 5.11 Å². The van der Waals surface area contributed by atoms with Crippen molar-refractivity contribution in [3.63, 3.8) is 0 Å². The van der Waals surface area contributed by atoms with E-state index in [0.29, 0.717) is 0 Å². The summed E-state index contributed by atoms with van der Waals surface area (Å²) in [5.41, 5.74) is -3.66. The number of aromatic nitrogens is 1. The zero-order chi connectivity index (χ0) is 14.1. The Bertz CT molecular complexity index is 475. The third-order valence-corrected chi connectivity index (χ3v) is 2.79.